The minimum Gasteiger partial charge on any atom is -0.458 e. The van der Waals surface area contributed by atoms with Gasteiger partial charge in [-0.3, -0.25) is 9.59 Å². The monoisotopic (exact) mass is 335 g/mol. The fraction of sp³-hybridized carbons (Fsp3) is 0.438. The van der Waals surface area contributed by atoms with Gasteiger partial charge in [0.15, 0.2) is 10.9 Å². The van der Waals surface area contributed by atoms with Crippen molar-refractivity contribution < 1.29 is 14.0 Å². The molecule has 2 aromatic rings. The summed E-state index contributed by atoms with van der Waals surface area (Å²) >= 11 is 1.37. The molecule has 0 radical (unpaired) electrons. The van der Waals surface area contributed by atoms with Gasteiger partial charge in [0.25, 0.3) is 0 Å². The molecule has 124 valence electrons. The lowest BCUT2D eigenvalue weighted by molar-refractivity contribution is -0.119. The van der Waals surface area contributed by atoms with Crippen molar-refractivity contribution in [1.29, 1.82) is 0 Å². The lowest BCUT2D eigenvalue weighted by Gasteiger charge is -2.00. The normalized spacial score (nSPS) is 10.5. The van der Waals surface area contributed by atoms with Crippen LogP contribution in [0.1, 0.15) is 45.3 Å². The summed E-state index contributed by atoms with van der Waals surface area (Å²) in [5.41, 5.74) is 0.674. The third-order valence-corrected chi connectivity index (χ3v) is 3.94. The summed E-state index contributed by atoms with van der Waals surface area (Å²) in [7, 11) is 0. The lowest BCUT2D eigenvalue weighted by atomic mass is 10.2. The third kappa shape index (κ3) is 5.52. The molecule has 0 spiro atoms. The van der Waals surface area contributed by atoms with Crippen LogP contribution >= 0.6 is 11.3 Å². The van der Waals surface area contributed by atoms with Crippen molar-refractivity contribution in [2.75, 3.05) is 5.32 Å². The zero-order chi connectivity index (χ0) is 16.7. The fourth-order valence-corrected chi connectivity index (χ4v) is 2.70. The van der Waals surface area contributed by atoms with Gasteiger partial charge >= 0.3 is 0 Å². The maximum absolute atomic E-state index is 11.8. The second-order valence-corrected chi connectivity index (χ2v) is 6.08. The molecule has 0 bridgehead atoms. The molecule has 7 heteroatoms. The van der Waals surface area contributed by atoms with Gasteiger partial charge in [-0.2, -0.15) is 0 Å². The Bertz CT molecular complexity index is 663. The number of carbonyl (C=O) groups excluding carboxylic acids is 2. The molecule has 2 amide bonds. The molecule has 0 fully saturated rings. The topological polar surface area (TPSA) is 84.2 Å². The van der Waals surface area contributed by atoms with E-state index in [0.29, 0.717) is 35.3 Å². The van der Waals surface area contributed by atoms with Crippen molar-refractivity contribution in [1.82, 2.24) is 10.3 Å². The van der Waals surface area contributed by atoms with Crippen molar-refractivity contribution >= 4 is 28.3 Å². The highest BCUT2D eigenvalue weighted by atomic mass is 32.1. The maximum Gasteiger partial charge on any atom is 0.226 e. The number of hydrogen-bond acceptors (Lipinski definition) is 5. The summed E-state index contributed by atoms with van der Waals surface area (Å²) in [6.45, 7) is 3.91. The molecule has 0 aliphatic carbocycles. The molecular weight excluding hydrogens is 314 g/mol. The Kier molecular flexibility index (Phi) is 6.34. The highest BCUT2D eigenvalue weighted by Crippen LogP contribution is 2.26. The maximum atomic E-state index is 11.8. The minimum atomic E-state index is -0.107. The van der Waals surface area contributed by atoms with E-state index < -0.39 is 0 Å². The summed E-state index contributed by atoms with van der Waals surface area (Å²) in [4.78, 5) is 27.0. The molecule has 0 saturated heterocycles. The number of thiazole rings is 1. The summed E-state index contributed by atoms with van der Waals surface area (Å²) in [6, 6.07) is 3.60. The van der Waals surface area contributed by atoms with Gasteiger partial charge < -0.3 is 15.1 Å². The van der Waals surface area contributed by atoms with Gasteiger partial charge in [0.05, 0.1) is 6.54 Å². The predicted molar refractivity (Wildman–Crippen MR) is 90.1 cm³/mol. The first-order valence-corrected chi connectivity index (χ1v) is 8.55. The van der Waals surface area contributed by atoms with Crippen LogP contribution in [-0.2, 0) is 16.1 Å². The molecule has 6 nitrogen and oxygen atoms in total. The molecule has 2 aromatic heterocycles. The van der Waals surface area contributed by atoms with Crippen LogP contribution in [0.2, 0.25) is 0 Å². The predicted octanol–water partition coefficient (Wildman–Crippen LogP) is 3.56. The Labute approximate surface area is 139 Å². The van der Waals surface area contributed by atoms with E-state index in [1.54, 1.807) is 12.1 Å². The molecule has 0 atom stereocenters. The van der Waals surface area contributed by atoms with E-state index >= 15 is 0 Å². The van der Waals surface area contributed by atoms with Gasteiger partial charge in [-0.25, -0.2) is 4.98 Å². The van der Waals surface area contributed by atoms with Crippen molar-refractivity contribution in [2.45, 2.75) is 46.1 Å². The van der Waals surface area contributed by atoms with E-state index in [9.17, 15) is 9.59 Å². The number of carbonyl (C=O) groups is 2. The second-order valence-electron chi connectivity index (χ2n) is 5.22. The minimum absolute atomic E-state index is 0.00913. The first kappa shape index (κ1) is 17.2. The van der Waals surface area contributed by atoms with E-state index in [0.717, 1.165) is 19.3 Å². The average Bonchev–Trinajstić information content (AvgIpc) is 3.14. The summed E-state index contributed by atoms with van der Waals surface area (Å²) in [5.74, 6) is 1.16. The van der Waals surface area contributed by atoms with Crippen LogP contribution in [0.4, 0.5) is 5.13 Å². The zero-order valence-corrected chi connectivity index (χ0v) is 14.2. The van der Waals surface area contributed by atoms with Gasteiger partial charge in [-0.15, -0.1) is 11.3 Å². The van der Waals surface area contributed by atoms with Crippen LogP contribution in [0, 0.1) is 0 Å². The summed E-state index contributed by atoms with van der Waals surface area (Å²) < 4.78 is 5.63. The number of aromatic nitrogens is 1. The molecule has 0 unspecified atom stereocenters. The van der Waals surface area contributed by atoms with E-state index in [4.69, 9.17) is 4.42 Å². The Balaban J connectivity index is 1.91. The number of rotatable bonds is 8. The SMILES string of the molecule is CCCCCC(=O)Nc1nc(-c2ccc(CNC(C)=O)o2)cs1. The molecule has 0 saturated carbocycles. The Hall–Kier alpha value is -2.15. The van der Waals surface area contributed by atoms with Crippen molar-refractivity contribution in [3.8, 4) is 11.5 Å². The zero-order valence-electron chi connectivity index (χ0n) is 13.3. The average molecular weight is 335 g/mol. The molecule has 2 rings (SSSR count). The van der Waals surface area contributed by atoms with E-state index in [-0.39, 0.29) is 11.8 Å². The largest absolute Gasteiger partial charge is 0.458 e. The first-order valence-electron chi connectivity index (χ1n) is 7.67. The summed E-state index contributed by atoms with van der Waals surface area (Å²) in [5, 5.41) is 7.89. The van der Waals surface area contributed by atoms with Crippen LogP contribution in [0.25, 0.3) is 11.5 Å². The van der Waals surface area contributed by atoms with Crippen LogP contribution in [-0.4, -0.2) is 16.8 Å². The van der Waals surface area contributed by atoms with Gasteiger partial charge in [-0.05, 0) is 18.6 Å². The van der Waals surface area contributed by atoms with Crippen molar-refractivity contribution in [3.63, 3.8) is 0 Å². The Morgan fingerprint density at radius 3 is 2.87 bits per heavy atom. The fourth-order valence-electron chi connectivity index (χ4n) is 1.98. The van der Waals surface area contributed by atoms with Crippen LogP contribution in [0.3, 0.4) is 0 Å². The Morgan fingerprint density at radius 1 is 1.30 bits per heavy atom. The van der Waals surface area contributed by atoms with Crippen molar-refractivity contribution in [2.24, 2.45) is 0 Å². The highest BCUT2D eigenvalue weighted by Gasteiger charge is 2.11. The van der Waals surface area contributed by atoms with Gasteiger partial charge in [0.1, 0.15) is 11.5 Å². The second kappa shape index (κ2) is 8.47. The molecule has 0 aliphatic rings. The number of amides is 2. The molecule has 2 N–H and O–H groups in total. The Morgan fingerprint density at radius 2 is 2.13 bits per heavy atom. The number of hydrogen-bond donors (Lipinski definition) is 2. The number of furan rings is 1. The molecule has 0 aliphatic heterocycles. The molecule has 23 heavy (non-hydrogen) atoms. The quantitative estimate of drug-likeness (QED) is 0.722. The van der Waals surface area contributed by atoms with Gasteiger partial charge in [0, 0.05) is 18.7 Å². The van der Waals surface area contributed by atoms with Crippen LogP contribution in [0.5, 0.6) is 0 Å². The van der Waals surface area contributed by atoms with Gasteiger partial charge in [-0.1, -0.05) is 19.8 Å². The molecular formula is C16H21N3O3S. The molecule has 0 aromatic carbocycles. The third-order valence-electron chi connectivity index (χ3n) is 3.18. The smallest absolute Gasteiger partial charge is 0.226 e. The number of anilines is 1. The highest BCUT2D eigenvalue weighted by molar-refractivity contribution is 7.14. The number of nitrogens with one attached hydrogen (secondary N) is 2. The van der Waals surface area contributed by atoms with E-state index in [1.165, 1.54) is 18.3 Å². The van der Waals surface area contributed by atoms with E-state index in [2.05, 4.69) is 22.5 Å². The summed E-state index contributed by atoms with van der Waals surface area (Å²) in [6.07, 6.45) is 3.56. The van der Waals surface area contributed by atoms with Crippen LogP contribution in [0.15, 0.2) is 21.9 Å². The molecule has 2 heterocycles. The van der Waals surface area contributed by atoms with Crippen LogP contribution < -0.4 is 10.6 Å². The first-order chi connectivity index (χ1) is 11.1. The standard InChI is InChI=1S/C16H21N3O3S/c1-3-4-5-6-15(21)19-16-18-13(10-23-16)14-8-7-12(22-14)9-17-11(2)20/h7-8,10H,3-6,9H2,1-2H3,(H,17,20)(H,18,19,21). The van der Waals surface area contributed by atoms with Gasteiger partial charge in [0.2, 0.25) is 11.8 Å². The van der Waals surface area contributed by atoms with Crippen molar-refractivity contribution in [3.05, 3.63) is 23.3 Å². The van der Waals surface area contributed by atoms with E-state index in [1.807, 2.05) is 5.38 Å². The lowest BCUT2D eigenvalue weighted by Crippen LogP contribution is -2.18. The number of unbranched alkanes of at least 4 members (excludes halogenated alkanes) is 2. The number of nitrogens with zero attached hydrogens (tertiary/aromatic N) is 1.